The van der Waals surface area contributed by atoms with Crippen molar-refractivity contribution in [3.63, 3.8) is 0 Å². The number of carbonyl (C=O) groups is 1. The topological polar surface area (TPSA) is 63.2 Å². The quantitative estimate of drug-likeness (QED) is 0.486. The van der Waals surface area contributed by atoms with E-state index >= 15 is 0 Å². The molecule has 2 rings (SSSR count). The first-order valence-corrected chi connectivity index (χ1v) is 9.00. The number of aliphatic imine (C=N–C) groups is 1. The summed E-state index contributed by atoms with van der Waals surface area (Å²) in [6, 6.07) is 7.91. The van der Waals surface area contributed by atoms with Gasteiger partial charge in [0.05, 0.1) is 26.2 Å². The van der Waals surface area contributed by atoms with Gasteiger partial charge in [0.15, 0.2) is 5.96 Å². The molecule has 1 heterocycles. The molecule has 138 valence electrons. The molecule has 1 unspecified atom stereocenters. The molecule has 1 fully saturated rings. The Morgan fingerprint density at radius 2 is 2.08 bits per heavy atom. The van der Waals surface area contributed by atoms with Crippen molar-refractivity contribution in [2.75, 3.05) is 33.4 Å². The van der Waals surface area contributed by atoms with Gasteiger partial charge >= 0.3 is 5.97 Å². The van der Waals surface area contributed by atoms with Crippen molar-refractivity contribution in [3.05, 3.63) is 29.8 Å². The summed E-state index contributed by atoms with van der Waals surface area (Å²) in [6.45, 7) is 7.28. The number of likely N-dealkylation sites (tertiary alicyclic amines) is 1. The van der Waals surface area contributed by atoms with Crippen LogP contribution in [0.15, 0.2) is 29.3 Å². The number of piperidine rings is 1. The normalized spacial score (nSPS) is 18.0. The second kappa shape index (κ2) is 9.91. The van der Waals surface area contributed by atoms with Crippen LogP contribution in [0.25, 0.3) is 0 Å². The van der Waals surface area contributed by atoms with E-state index in [1.54, 1.807) is 7.11 Å². The van der Waals surface area contributed by atoms with Crippen LogP contribution >= 0.6 is 0 Å². The minimum atomic E-state index is -0.0989. The maximum atomic E-state index is 12.0. The molecule has 1 aliphatic rings. The number of guanidine groups is 1. The van der Waals surface area contributed by atoms with Gasteiger partial charge < -0.3 is 19.7 Å². The number of esters is 1. The van der Waals surface area contributed by atoms with Gasteiger partial charge in [-0.15, -0.1) is 0 Å². The lowest BCUT2D eigenvalue weighted by atomic mass is 9.98. The molecule has 1 N–H and O–H groups in total. The third-order valence-electron chi connectivity index (χ3n) is 4.25. The zero-order valence-corrected chi connectivity index (χ0v) is 15.5. The maximum Gasteiger partial charge on any atom is 0.310 e. The maximum absolute atomic E-state index is 12.0. The standard InChI is InChI=1S/C19H29N3O3/c1-4-20-19(21-13-15-8-10-17(24-3)11-9-15)22-12-6-7-16(14-22)18(23)25-5-2/h8-11,16H,4-7,12-14H2,1-3H3,(H,20,21). The molecule has 6 heteroatoms. The van der Waals surface area contributed by atoms with Gasteiger partial charge in [0, 0.05) is 19.6 Å². The van der Waals surface area contributed by atoms with Crippen molar-refractivity contribution >= 4 is 11.9 Å². The Balaban J connectivity index is 2.03. The van der Waals surface area contributed by atoms with Gasteiger partial charge in [0.2, 0.25) is 0 Å². The van der Waals surface area contributed by atoms with Crippen LogP contribution < -0.4 is 10.1 Å². The molecule has 0 aliphatic carbocycles. The first kappa shape index (κ1) is 19.1. The van der Waals surface area contributed by atoms with Crippen LogP contribution in [-0.4, -0.2) is 50.2 Å². The van der Waals surface area contributed by atoms with Crippen molar-refractivity contribution in [2.24, 2.45) is 10.9 Å². The fraction of sp³-hybridized carbons (Fsp3) is 0.579. The lowest BCUT2D eigenvalue weighted by molar-refractivity contribution is -0.149. The van der Waals surface area contributed by atoms with Crippen molar-refractivity contribution in [1.29, 1.82) is 0 Å². The Morgan fingerprint density at radius 1 is 1.32 bits per heavy atom. The van der Waals surface area contributed by atoms with Crippen molar-refractivity contribution in [3.8, 4) is 5.75 Å². The first-order valence-electron chi connectivity index (χ1n) is 9.00. The average molecular weight is 347 g/mol. The molecule has 1 saturated heterocycles. The molecular formula is C19H29N3O3. The summed E-state index contributed by atoms with van der Waals surface area (Å²) < 4.78 is 10.4. The number of hydrogen-bond acceptors (Lipinski definition) is 4. The summed E-state index contributed by atoms with van der Waals surface area (Å²) in [5.41, 5.74) is 1.12. The molecule has 0 spiro atoms. The van der Waals surface area contributed by atoms with Gasteiger partial charge in [-0.25, -0.2) is 4.99 Å². The van der Waals surface area contributed by atoms with E-state index in [9.17, 15) is 4.79 Å². The molecule has 1 aromatic rings. The van der Waals surface area contributed by atoms with Crippen LogP contribution in [0.1, 0.15) is 32.3 Å². The van der Waals surface area contributed by atoms with E-state index in [4.69, 9.17) is 14.5 Å². The Kier molecular flexibility index (Phi) is 7.57. The van der Waals surface area contributed by atoms with Crippen LogP contribution in [0.5, 0.6) is 5.75 Å². The number of nitrogens with zero attached hydrogens (tertiary/aromatic N) is 2. The summed E-state index contributed by atoms with van der Waals surface area (Å²) in [7, 11) is 1.66. The first-order chi connectivity index (χ1) is 12.2. The van der Waals surface area contributed by atoms with Gasteiger partial charge in [0.25, 0.3) is 0 Å². The van der Waals surface area contributed by atoms with Gasteiger partial charge in [0.1, 0.15) is 5.75 Å². The summed E-state index contributed by atoms with van der Waals surface area (Å²) >= 11 is 0. The molecular weight excluding hydrogens is 318 g/mol. The van der Waals surface area contributed by atoms with Gasteiger partial charge in [-0.1, -0.05) is 12.1 Å². The van der Waals surface area contributed by atoms with E-state index < -0.39 is 0 Å². The third kappa shape index (κ3) is 5.66. The highest BCUT2D eigenvalue weighted by atomic mass is 16.5. The van der Waals surface area contributed by atoms with Crippen LogP contribution in [0, 0.1) is 5.92 Å². The number of methoxy groups -OCH3 is 1. The van der Waals surface area contributed by atoms with Gasteiger partial charge in [-0.3, -0.25) is 4.79 Å². The highest BCUT2D eigenvalue weighted by molar-refractivity contribution is 5.81. The minimum absolute atomic E-state index is 0.0708. The molecule has 0 amide bonds. The van der Waals surface area contributed by atoms with Crippen molar-refractivity contribution < 1.29 is 14.3 Å². The summed E-state index contributed by atoms with van der Waals surface area (Å²) in [5, 5.41) is 3.34. The molecule has 0 aromatic heterocycles. The summed E-state index contributed by atoms with van der Waals surface area (Å²) in [5.74, 6) is 1.53. The Hall–Kier alpha value is -2.24. The molecule has 1 aromatic carbocycles. The van der Waals surface area contributed by atoms with E-state index in [0.29, 0.717) is 19.7 Å². The van der Waals surface area contributed by atoms with Crippen LogP contribution in [0.3, 0.4) is 0 Å². The van der Waals surface area contributed by atoms with Crippen LogP contribution in [0.2, 0.25) is 0 Å². The SMILES string of the molecule is CCNC(=NCc1ccc(OC)cc1)N1CCCC(C(=O)OCC)C1. The number of nitrogens with one attached hydrogen (secondary N) is 1. The fourth-order valence-corrected chi connectivity index (χ4v) is 2.94. The second-order valence-corrected chi connectivity index (χ2v) is 6.06. The minimum Gasteiger partial charge on any atom is -0.497 e. The monoisotopic (exact) mass is 347 g/mol. The number of benzene rings is 1. The summed E-state index contributed by atoms with van der Waals surface area (Å²) in [6.07, 6.45) is 1.85. The van der Waals surface area contributed by atoms with E-state index in [2.05, 4.69) is 17.1 Å². The highest BCUT2D eigenvalue weighted by Crippen LogP contribution is 2.18. The number of rotatable bonds is 6. The molecule has 1 atom stereocenters. The largest absolute Gasteiger partial charge is 0.497 e. The summed E-state index contributed by atoms with van der Waals surface area (Å²) in [4.78, 5) is 18.9. The lowest BCUT2D eigenvalue weighted by Crippen LogP contribution is -2.48. The van der Waals surface area contributed by atoms with E-state index in [0.717, 1.165) is 43.2 Å². The highest BCUT2D eigenvalue weighted by Gasteiger charge is 2.28. The van der Waals surface area contributed by atoms with E-state index in [1.807, 2.05) is 31.2 Å². The second-order valence-electron chi connectivity index (χ2n) is 6.06. The van der Waals surface area contributed by atoms with Crippen molar-refractivity contribution in [2.45, 2.75) is 33.2 Å². The lowest BCUT2D eigenvalue weighted by Gasteiger charge is -2.34. The predicted molar refractivity (Wildman–Crippen MR) is 98.7 cm³/mol. The predicted octanol–water partition coefficient (Wildman–Crippen LogP) is 2.44. The number of hydrogen-bond donors (Lipinski definition) is 1. The average Bonchev–Trinajstić information content (AvgIpc) is 2.66. The van der Waals surface area contributed by atoms with Crippen LogP contribution in [-0.2, 0) is 16.1 Å². The Labute approximate surface area is 150 Å². The van der Waals surface area contributed by atoms with Gasteiger partial charge in [-0.05, 0) is 44.4 Å². The Bertz CT molecular complexity index is 572. The zero-order valence-electron chi connectivity index (χ0n) is 15.5. The number of ether oxygens (including phenoxy) is 2. The fourth-order valence-electron chi connectivity index (χ4n) is 2.94. The van der Waals surface area contributed by atoms with Crippen molar-refractivity contribution in [1.82, 2.24) is 10.2 Å². The zero-order chi connectivity index (χ0) is 18.1. The van der Waals surface area contributed by atoms with E-state index in [-0.39, 0.29) is 11.9 Å². The molecule has 0 radical (unpaired) electrons. The molecule has 0 bridgehead atoms. The molecule has 25 heavy (non-hydrogen) atoms. The molecule has 1 aliphatic heterocycles. The Morgan fingerprint density at radius 3 is 2.72 bits per heavy atom. The third-order valence-corrected chi connectivity index (χ3v) is 4.25. The van der Waals surface area contributed by atoms with Gasteiger partial charge in [-0.2, -0.15) is 0 Å². The number of carbonyl (C=O) groups excluding carboxylic acids is 1. The van der Waals surface area contributed by atoms with E-state index in [1.165, 1.54) is 0 Å². The molecule has 6 nitrogen and oxygen atoms in total. The van der Waals surface area contributed by atoms with Crippen LogP contribution in [0.4, 0.5) is 0 Å². The molecule has 0 saturated carbocycles. The smallest absolute Gasteiger partial charge is 0.310 e.